The molecular weight excluding hydrogens is 259 g/mol. The molecule has 98 valence electrons. The van der Waals surface area contributed by atoms with Gasteiger partial charge in [-0.25, -0.2) is 17.9 Å². The van der Waals surface area contributed by atoms with Crippen molar-refractivity contribution >= 4 is 0 Å². The minimum absolute atomic E-state index is 0.581. The lowest BCUT2D eigenvalue weighted by Gasteiger charge is -2.35. The Morgan fingerprint density at radius 1 is 0.875 bits per heavy atom. The van der Waals surface area contributed by atoms with Crippen LogP contribution in [-0.4, -0.2) is 30.7 Å². The van der Waals surface area contributed by atoms with E-state index in [0.29, 0.717) is 0 Å². The van der Waals surface area contributed by atoms with Gasteiger partial charge in [-0.3, -0.25) is 0 Å². The molecule has 0 aromatic heterocycles. The molecule has 1 nitrogen and oxygen atoms in total. The third kappa shape index (κ3) is 2.92. The highest BCUT2D eigenvalue weighted by molar-refractivity contribution is 4.95. The second kappa shape index (κ2) is 3.97. The molecule has 16 heavy (non-hydrogen) atoms. The van der Waals surface area contributed by atoms with Gasteiger partial charge in [0.1, 0.15) is 0 Å². The molecule has 1 atom stereocenters. The molecule has 0 aromatic rings. The van der Waals surface area contributed by atoms with Gasteiger partial charge in [-0.05, 0) is 0 Å². The molecule has 0 aromatic carbocycles. The summed E-state index contributed by atoms with van der Waals surface area (Å²) in [5.41, 5.74) is 0. The van der Waals surface area contributed by atoms with Crippen molar-refractivity contribution in [1.82, 2.24) is 0 Å². The molecule has 0 bridgehead atoms. The van der Waals surface area contributed by atoms with Gasteiger partial charge in [-0.2, -0.15) is 13.2 Å². The number of ether oxygens (including phenoxy) is 1. The highest BCUT2D eigenvalue weighted by Crippen LogP contribution is 2.48. The molecule has 0 N–H and O–H groups in total. The fourth-order valence-corrected chi connectivity index (χ4v) is 0.731. The third-order valence-electron chi connectivity index (χ3n) is 1.46. The van der Waals surface area contributed by atoms with E-state index >= 15 is 0 Å². The summed E-state index contributed by atoms with van der Waals surface area (Å²) >= 11 is 0. The molecule has 0 aliphatic rings. The quantitative estimate of drug-likeness (QED) is 0.706. The third-order valence-corrected chi connectivity index (χ3v) is 1.46. The fraction of sp³-hybridized carbons (Fsp3) is 1.00. The second-order valence-corrected chi connectivity index (χ2v) is 2.87. The van der Waals surface area contributed by atoms with Gasteiger partial charge < -0.3 is 0 Å². The van der Waals surface area contributed by atoms with Gasteiger partial charge in [-0.15, -0.1) is 13.2 Å². The van der Waals surface area contributed by atoms with Gasteiger partial charge in [-0.1, -0.05) is 0 Å². The van der Waals surface area contributed by atoms with Gasteiger partial charge in [0.25, 0.3) is 0 Å². The van der Waals surface area contributed by atoms with E-state index in [1.165, 1.54) is 0 Å². The van der Waals surface area contributed by atoms with E-state index in [4.69, 9.17) is 0 Å². The highest BCUT2D eigenvalue weighted by atomic mass is 19.4. The first-order valence-corrected chi connectivity index (χ1v) is 3.54. The summed E-state index contributed by atoms with van der Waals surface area (Å²) < 4.78 is 110. The van der Waals surface area contributed by atoms with E-state index in [9.17, 15) is 39.5 Å². The van der Waals surface area contributed by atoms with Gasteiger partial charge in [0, 0.05) is 6.92 Å². The molecule has 0 spiro atoms. The van der Waals surface area contributed by atoms with Crippen molar-refractivity contribution in [2.24, 2.45) is 0 Å². The first-order chi connectivity index (χ1) is 6.77. The Bertz CT molecular complexity index is 241. The van der Waals surface area contributed by atoms with Crippen LogP contribution >= 0.6 is 0 Å². The van der Waals surface area contributed by atoms with Crippen molar-refractivity contribution in [1.29, 1.82) is 0 Å². The van der Waals surface area contributed by atoms with E-state index in [1.807, 2.05) is 4.74 Å². The van der Waals surface area contributed by atoms with Gasteiger partial charge in [0.2, 0.25) is 0 Å². The number of halogens is 9. The van der Waals surface area contributed by atoms with E-state index in [2.05, 4.69) is 0 Å². The molecular formula is C6H5F9O. The van der Waals surface area contributed by atoms with Crippen LogP contribution in [0.4, 0.5) is 39.5 Å². The summed E-state index contributed by atoms with van der Waals surface area (Å²) in [5, 5.41) is 0. The van der Waals surface area contributed by atoms with Crippen LogP contribution in [0.2, 0.25) is 0 Å². The van der Waals surface area contributed by atoms with Crippen LogP contribution in [0.15, 0.2) is 0 Å². The smallest absolute Gasteiger partial charge is 0.244 e. The summed E-state index contributed by atoms with van der Waals surface area (Å²) in [6.07, 6.45) is -6.10. The van der Waals surface area contributed by atoms with Crippen LogP contribution in [0.5, 0.6) is 0 Å². The lowest BCUT2D eigenvalue weighted by atomic mass is 10.1. The SMILES string of the molecule is CC(F)(F)C(F)(OC(F)(F)F)C(F)(F)CF. The summed E-state index contributed by atoms with van der Waals surface area (Å²) in [6.45, 7) is -3.65. The number of rotatable bonds is 4. The van der Waals surface area contributed by atoms with Crippen molar-refractivity contribution in [3.05, 3.63) is 0 Å². The zero-order chi connectivity index (χ0) is 13.4. The van der Waals surface area contributed by atoms with Crippen LogP contribution in [0.3, 0.4) is 0 Å². The Balaban J connectivity index is 5.39. The largest absolute Gasteiger partial charge is 0.525 e. The Morgan fingerprint density at radius 2 is 1.25 bits per heavy atom. The van der Waals surface area contributed by atoms with Crippen molar-refractivity contribution in [2.75, 3.05) is 6.67 Å². The number of hydrogen-bond donors (Lipinski definition) is 0. The van der Waals surface area contributed by atoms with Gasteiger partial charge in [0.05, 0.1) is 0 Å². The van der Waals surface area contributed by atoms with Gasteiger partial charge >= 0.3 is 24.1 Å². The molecule has 0 aliphatic heterocycles. The molecule has 10 heteroatoms. The Hall–Kier alpha value is -0.670. The lowest BCUT2D eigenvalue weighted by Crippen LogP contribution is -2.60. The van der Waals surface area contributed by atoms with Crippen molar-refractivity contribution in [3.8, 4) is 0 Å². The maximum atomic E-state index is 12.9. The highest BCUT2D eigenvalue weighted by Gasteiger charge is 2.72. The average molecular weight is 264 g/mol. The number of alkyl halides is 9. The first-order valence-electron chi connectivity index (χ1n) is 3.54. The monoisotopic (exact) mass is 264 g/mol. The van der Waals surface area contributed by atoms with Crippen LogP contribution in [0.25, 0.3) is 0 Å². The van der Waals surface area contributed by atoms with Crippen LogP contribution in [-0.2, 0) is 4.74 Å². The summed E-state index contributed by atoms with van der Waals surface area (Å²) in [4.78, 5) is 0. The maximum Gasteiger partial charge on any atom is 0.525 e. The Kier molecular flexibility index (Phi) is 3.80. The van der Waals surface area contributed by atoms with Crippen LogP contribution < -0.4 is 0 Å². The maximum absolute atomic E-state index is 12.9. The molecule has 0 rings (SSSR count). The summed E-state index contributed by atoms with van der Waals surface area (Å²) in [5.74, 6) is -16.7. The Morgan fingerprint density at radius 3 is 1.44 bits per heavy atom. The molecule has 0 saturated heterocycles. The Labute approximate surface area is 83.2 Å². The molecule has 0 amide bonds. The molecule has 0 aliphatic carbocycles. The summed E-state index contributed by atoms with van der Waals surface area (Å²) in [7, 11) is 0. The normalized spacial score (nSPS) is 18.4. The zero-order valence-electron chi connectivity index (χ0n) is 7.52. The van der Waals surface area contributed by atoms with Crippen molar-refractivity contribution in [3.63, 3.8) is 0 Å². The van der Waals surface area contributed by atoms with Crippen molar-refractivity contribution < 1.29 is 44.3 Å². The molecule has 1 unspecified atom stereocenters. The fourth-order valence-electron chi connectivity index (χ4n) is 0.731. The summed E-state index contributed by atoms with van der Waals surface area (Å²) in [6, 6.07) is 0. The van der Waals surface area contributed by atoms with E-state index in [-0.39, 0.29) is 0 Å². The molecule has 0 saturated carbocycles. The average Bonchev–Trinajstić information content (AvgIpc) is 1.98. The van der Waals surface area contributed by atoms with Crippen molar-refractivity contribution in [2.45, 2.75) is 31.0 Å². The van der Waals surface area contributed by atoms with Gasteiger partial charge in [0.15, 0.2) is 6.67 Å². The van der Waals surface area contributed by atoms with E-state index in [1.54, 1.807) is 0 Å². The minimum Gasteiger partial charge on any atom is -0.244 e. The lowest BCUT2D eigenvalue weighted by molar-refractivity contribution is -0.465. The van der Waals surface area contributed by atoms with Crippen LogP contribution in [0.1, 0.15) is 6.92 Å². The number of hydrogen-bond acceptors (Lipinski definition) is 1. The molecule has 0 fully saturated rings. The zero-order valence-corrected chi connectivity index (χ0v) is 7.52. The molecule has 0 radical (unpaired) electrons. The molecule has 0 heterocycles. The van der Waals surface area contributed by atoms with E-state index in [0.717, 1.165) is 0 Å². The second-order valence-electron chi connectivity index (χ2n) is 2.87. The standard InChI is InChI=1S/C6H5F9O/c1-3(8,9)5(12,4(10,11)2-7)16-6(13,14)15/h2H2,1H3. The first kappa shape index (κ1) is 15.3. The minimum atomic E-state index is -6.10. The predicted molar refractivity (Wildman–Crippen MR) is 32.5 cm³/mol. The topological polar surface area (TPSA) is 9.23 Å². The van der Waals surface area contributed by atoms with E-state index < -0.39 is 37.7 Å². The predicted octanol–water partition coefficient (Wildman–Crippen LogP) is 3.45. The van der Waals surface area contributed by atoms with Crippen LogP contribution in [0, 0.1) is 0 Å².